The van der Waals surface area contributed by atoms with Gasteiger partial charge in [0.2, 0.25) is 70.9 Å². The van der Waals surface area contributed by atoms with Crippen LogP contribution in [-0.4, -0.2) is 251 Å². The van der Waals surface area contributed by atoms with Crippen LogP contribution in [0.2, 0.25) is 0 Å². The number of carbonyl (C=O) groups is 12. The second kappa shape index (κ2) is 39.9. The molecular formula is C74H118N12O14. The number of amides is 12. The predicted molar refractivity (Wildman–Crippen MR) is 381 cm³/mol. The average molecular weight is 1400 g/mol. The van der Waals surface area contributed by atoms with Gasteiger partial charge in [-0.2, -0.15) is 0 Å². The quantitative estimate of drug-likeness (QED) is 0.124. The normalized spacial score (nSPS) is 24.6. The van der Waals surface area contributed by atoms with Gasteiger partial charge in [-0.1, -0.05) is 129 Å². The van der Waals surface area contributed by atoms with Crippen LogP contribution in [-0.2, 0) is 75.1 Å². The molecule has 0 aromatic heterocycles. The number of aliphatic hydroxyl groups is 1. The monoisotopic (exact) mass is 1400 g/mol. The zero-order chi connectivity index (χ0) is 75.0. The van der Waals surface area contributed by atoms with Gasteiger partial charge >= 0.3 is 0 Å². The maximum Gasteiger partial charge on any atom is 0.248 e. The van der Waals surface area contributed by atoms with Crippen LogP contribution in [0.1, 0.15) is 159 Å². The standard InChI is InChI=1S/C74H118N12O14/c1-19-49(9)63-73(99)81(15)56(20-2)65(91)79-64(50(10)87)72(98)80(14)44-62(90)86(37-34-51-30-24-21-25-31-51)43-61(89)76-55(45-100-74(11,12)13)69(95)84(18)59(41-52-32-26-22-27-33-52)71(97)83(17)57(39-47(5)6)66(92)77-54(70(96)85-35-28-23-29-36-85)42-60(88)75-53(38-46(3)4)68(94)82(16)58(40-48(7)8)67(93)78-63/h21-22,24-27,30-33,46-50,53-59,63-64,87H,19-20,23,28-29,34-45H2,1-18H3,(H,75,88)(H,76,89)(H,77,92)(H,78,93)(H,79,91)/t49-,50+,53+,54-,55-,56-,57-,58-,59-,63-,64-/m0/s1. The summed E-state index contributed by atoms with van der Waals surface area (Å²) in [4.78, 5) is 187. The summed E-state index contributed by atoms with van der Waals surface area (Å²) >= 11 is 0. The van der Waals surface area contributed by atoms with Gasteiger partial charge in [-0.25, -0.2) is 0 Å². The molecule has 558 valence electrons. The first kappa shape index (κ1) is 84.4. The number of ether oxygens (including phenoxy) is 1. The Balaban J connectivity index is 1.97. The molecule has 0 unspecified atom stereocenters. The van der Waals surface area contributed by atoms with E-state index in [1.54, 1.807) is 69.9 Å². The van der Waals surface area contributed by atoms with E-state index in [1.165, 1.54) is 61.8 Å². The molecule has 2 fully saturated rings. The van der Waals surface area contributed by atoms with Crippen LogP contribution >= 0.6 is 0 Å². The molecule has 2 saturated heterocycles. The molecule has 2 aliphatic heterocycles. The van der Waals surface area contributed by atoms with Crippen LogP contribution in [0.15, 0.2) is 60.7 Å². The Bertz CT molecular complexity index is 3060. The Hall–Kier alpha value is -8.00. The molecule has 0 saturated carbocycles. The lowest BCUT2D eigenvalue weighted by molar-refractivity contribution is -0.151. The highest BCUT2D eigenvalue weighted by molar-refractivity contribution is 6.00. The average Bonchev–Trinajstić information content (AvgIpc) is 0.840. The molecule has 2 aromatic carbocycles. The van der Waals surface area contributed by atoms with Crippen molar-refractivity contribution < 1.29 is 67.4 Å². The van der Waals surface area contributed by atoms with Gasteiger partial charge in [-0.05, 0) is 114 Å². The van der Waals surface area contributed by atoms with E-state index in [4.69, 9.17) is 4.74 Å². The number of nitrogens with zero attached hydrogens (tertiary/aromatic N) is 7. The van der Waals surface area contributed by atoms with Crippen LogP contribution in [0.25, 0.3) is 0 Å². The Morgan fingerprint density at radius 1 is 0.540 bits per heavy atom. The first-order valence-corrected chi connectivity index (χ1v) is 35.7. The Labute approximate surface area is 593 Å². The topological polar surface area (TPSA) is 317 Å². The first-order valence-electron chi connectivity index (χ1n) is 35.7. The Morgan fingerprint density at radius 3 is 1.54 bits per heavy atom. The van der Waals surface area contributed by atoms with Crippen molar-refractivity contribution in [3.05, 3.63) is 71.8 Å². The van der Waals surface area contributed by atoms with E-state index < -0.39 is 169 Å². The van der Waals surface area contributed by atoms with Crippen molar-refractivity contribution in [2.45, 2.75) is 227 Å². The molecular weight excluding hydrogens is 1280 g/mol. The molecule has 2 heterocycles. The summed E-state index contributed by atoms with van der Waals surface area (Å²) in [7, 11) is 6.94. The molecule has 26 nitrogen and oxygen atoms in total. The molecule has 0 spiro atoms. The van der Waals surface area contributed by atoms with Gasteiger partial charge in [-0.15, -0.1) is 0 Å². The number of aliphatic hydroxyl groups excluding tert-OH is 1. The van der Waals surface area contributed by atoms with E-state index in [1.807, 2.05) is 78.8 Å². The summed E-state index contributed by atoms with van der Waals surface area (Å²) < 4.78 is 6.18. The fourth-order valence-electron chi connectivity index (χ4n) is 12.4. The summed E-state index contributed by atoms with van der Waals surface area (Å²) in [5.74, 6) is -9.95. The largest absolute Gasteiger partial charge is 0.391 e. The van der Waals surface area contributed by atoms with Gasteiger partial charge in [0.15, 0.2) is 0 Å². The van der Waals surface area contributed by atoms with Crippen LogP contribution in [0.5, 0.6) is 0 Å². The number of hydrogen-bond donors (Lipinski definition) is 6. The van der Waals surface area contributed by atoms with Crippen molar-refractivity contribution in [2.75, 3.05) is 74.6 Å². The molecule has 2 aromatic rings. The summed E-state index contributed by atoms with van der Waals surface area (Å²) in [6.07, 6.45) is 0.870. The molecule has 0 bridgehead atoms. The van der Waals surface area contributed by atoms with Crippen LogP contribution < -0.4 is 26.6 Å². The molecule has 11 atom stereocenters. The van der Waals surface area contributed by atoms with Crippen molar-refractivity contribution in [1.82, 2.24) is 60.9 Å². The highest BCUT2D eigenvalue weighted by Gasteiger charge is 2.43. The van der Waals surface area contributed by atoms with Gasteiger partial charge in [-0.3, -0.25) is 57.5 Å². The lowest BCUT2D eigenvalue weighted by Gasteiger charge is -2.37. The lowest BCUT2D eigenvalue weighted by atomic mass is 9.95. The Morgan fingerprint density at radius 2 is 1.02 bits per heavy atom. The maximum absolute atomic E-state index is 15.6. The van der Waals surface area contributed by atoms with Gasteiger partial charge in [0, 0.05) is 61.3 Å². The SMILES string of the molecule is CC[C@H](C)[C@@H]1NC(=O)[C@H](CC(C)C)N(C)C(=O)[C@@H](CC(C)C)NC(=O)C[C@@H](C(=O)N2CCCCC2)NC(=O)[C@H](CC(C)C)N(C)C(=O)[C@H](Cc2ccccc2)N(C)C(=O)[C@H](COC(C)(C)C)NC(=O)CN(CCc2ccccc2)C(=O)CN(C)C(=O)[C@H]([C@@H](C)O)NC(=O)[C@H](CC)N(C)C1=O. The van der Waals surface area contributed by atoms with E-state index in [-0.39, 0.29) is 62.8 Å². The zero-order valence-electron chi connectivity index (χ0n) is 62.8. The third kappa shape index (κ3) is 25.6. The number of nitrogens with one attached hydrogen (secondary N) is 5. The third-order valence-electron chi connectivity index (χ3n) is 18.6. The molecule has 2 aliphatic rings. The molecule has 0 radical (unpaired) electrons. The summed E-state index contributed by atoms with van der Waals surface area (Å²) in [5, 5.41) is 25.2. The zero-order valence-corrected chi connectivity index (χ0v) is 62.8. The number of hydrogen-bond acceptors (Lipinski definition) is 14. The minimum atomic E-state index is -1.66. The van der Waals surface area contributed by atoms with Crippen molar-refractivity contribution in [3.8, 4) is 0 Å². The molecule has 0 aliphatic carbocycles. The summed E-state index contributed by atoms with van der Waals surface area (Å²) in [5.41, 5.74) is 0.584. The van der Waals surface area contributed by atoms with Gasteiger partial charge in [0.1, 0.15) is 54.4 Å². The molecule has 4 rings (SSSR count). The summed E-state index contributed by atoms with van der Waals surface area (Å²) in [6.45, 7) is 21.8. The van der Waals surface area contributed by atoms with Crippen molar-refractivity contribution in [3.63, 3.8) is 0 Å². The third-order valence-corrected chi connectivity index (χ3v) is 18.6. The molecule has 6 N–H and O–H groups in total. The minimum absolute atomic E-state index is 0.00585. The van der Waals surface area contributed by atoms with Crippen LogP contribution in [0.4, 0.5) is 0 Å². The fourth-order valence-corrected chi connectivity index (χ4v) is 12.4. The van der Waals surface area contributed by atoms with E-state index in [0.29, 0.717) is 37.9 Å². The van der Waals surface area contributed by atoms with E-state index in [0.717, 1.165) is 21.8 Å². The smallest absolute Gasteiger partial charge is 0.248 e. The van der Waals surface area contributed by atoms with E-state index in [2.05, 4.69) is 26.6 Å². The molecule has 26 heteroatoms. The van der Waals surface area contributed by atoms with Gasteiger partial charge in [0.25, 0.3) is 0 Å². The minimum Gasteiger partial charge on any atom is -0.391 e. The van der Waals surface area contributed by atoms with Crippen LogP contribution in [0.3, 0.4) is 0 Å². The first-order chi connectivity index (χ1) is 46.9. The van der Waals surface area contributed by atoms with E-state index in [9.17, 15) is 43.5 Å². The number of likely N-dealkylation sites (tertiary alicyclic amines) is 1. The highest BCUT2D eigenvalue weighted by Crippen LogP contribution is 2.23. The number of rotatable bonds is 18. The van der Waals surface area contributed by atoms with Crippen LogP contribution in [0, 0.1) is 23.7 Å². The second-order valence-electron chi connectivity index (χ2n) is 29.5. The number of likely N-dealkylation sites (N-methyl/N-ethyl adjacent to an activating group) is 5. The number of carbonyl (C=O) groups excluding carboxylic acids is 12. The Kier molecular flexibility index (Phi) is 33.6. The predicted octanol–water partition coefficient (Wildman–Crippen LogP) is 3.70. The highest BCUT2D eigenvalue weighted by atomic mass is 16.5. The lowest BCUT2D eigenvalue weighted by Crippen LogP contribution is -2.62. The molecule has 12 amide bonds. The number of benzene rings is 2. The van der Waals surface area contributed by atoms with E-state index >= 15 is 19.2 Å². The van der Waals surface area contributed by atoms with Crippen molar-refractivity contribution in [1.29, 1.82) is 0 Å². The molecule has 100 heavy (non-hydrogen) atoms. The van der Waals surface area contributed by atoms with Gasteiger partial charge < -0.3 is 70.7 Å². The number of piperidine rings is 1. The fraction of sp³-hybridized carbons (Fsp3) is 0.676. The van der Waals surface area contributed by atoms with Gasteiger partial charge in [0.05, 0.1) is 37.8 Å². The summed E-state index contributed by atoms with van der Waals surface area (Å²) in [6, 6.07) is 5.75. The van der Waals surface area contributed by atoms with Crippen molar-refractivity contribution in [2.24, 2.45) is 23.7 Å². The van der Waals surface area contributed by atoms with Crippen molar-refractivity contribution >= 4 is 70.9 Å². The second-order valence-corrected chi connectivity index (χ2v) is 29.5. The maximum atomic E-state index is 15.6.